The molecule has 16 unspecified atom stereocenters. The molecular weight excluding hydrogens is 815 g/mol. The summed E-state index contributed by atoms with van der Waals surface area (Å²) in [5, 5.41) is 17.6. The maximum Gasteiger partial charge on any atom is 0.520 e. The third-order valence-electron chi connectivity index (χ3n) is 12.3. The first-order chi connectivity index (χ1) is 30.4. The van der Waals surface area contributed by atoms with Gasteiger partial charge in [-0.1, -0.05) is 113 Å². The van der Waals surface area contributed by atoms with Crippen LogP contribution in [0.1, 0.15) is 58.1 Å². The molecule has 342 valence electrons. The van der Waals surface area contributed by atoms with Crippen LogP contribution in [0.15, 0.2) is 97.7 Å². The number of hydrogen-bond donors (Lipinski definition) is 3. The summed E-state index contributed by atoms with van der Waals surface area (Å²) in [6.45, 7) is 12.0. The van der Waals surface area contributed by atoms with E-state index in [4.69, 9.17) is 42.6 Å². The van der Waals surface area contributed by atoms with Gasteiger partial charge in [0.1, 0.15) is 50.2 Å². The highest BCUT2D eigenvalue weighted by Crippen LogP contribution is 2.39. The van der Waals surface area contributed by atoms with Crippen LogP contribution >= 0.6 is 0 Å². The number of alkyl carbamates (subject to hydrolysis) is 2. The number of carbonyl (C=O) groups is 3. The van der Waals surface area contributed by atoms with E-state index in [0.717, 1.165) is 17.5 Å². The van der Waals surface area contributed by atoms with E-state index in [0.29, 0.717) is 12.8 Å². The minimum Gasteiger partial charge on any atom is -0.445 e. The first-order valence-electron chi connectivity index (χ1n) is 22.0. The van der Waals surface area contributed by atoms with Crippen LogP contribution < -0.4 is 10.6 Å². The Bertz CT molecular complexity index is 1920. The highest BCUT2D eigenvalue weighted by atomic mass is 16.8. The van der Waals surface area contributed by atoms with E-state index >= 15 is 0 Å². The molecule has 1 aliphatic carbocycles. The third-order valence-corrected chi connectivity index (χ3v) is 12.3. The second-order valence-corrected chi connectivity index (χ2v) is 17.1. The zero-order valence-electron chi connectivity index (χ0n) is 36.6. The quantitative estimate of drug-likeness (QED) is 0.102. The predicted octanol–water partition coefficient (Wildman–Crippen LogP) is 5.98. The smallest absolute Gasteiger partial charge is 0.445 e. The van der Waals surface area contributed by atoms with E-state index in [1.54, 1.807) is 19.2 Å². The average molecular weight is 877 g/mol. The van der Waals surface area contributed by atoms with Crippen molar-refractivity contribution in [3.05, 3.63) is 109 Å². The number of hydrogen-bond acceptors (Lipinski definition) is 13. The molecule has 0 radical (unpaired) electrons. The summed E-state index contributed by atoms with van der Waals surface area (Å²) in [5.41, 5.74) is 1.64. The van der Waals surface area contributed by atoms with Crippen molar-refractivity contribution in [2.75, 3.05) is 13.6 Å². The zero-order chi connectivity index (χ0) is 44.7. The van der Waals surface area contributed by atoms with Crippen molar-refractivity contribution in [1.82, 2.24) is 10.6 Å². The van der Waals surface area contributed by atoms with E-state index in [9.17, 15) is 19.5 Å². The molecule has 2 aromatic rings. The van der Waals surface area contributed by atoms with E-state index in [-0.39, 0.29) is 42.2 Å². The number of carbonyl (C=O) groups excluding carboxylic acids is 3. The molecule has 0 spiro atoms. The summed E-state index contributed by atoms with van der Waals surface area (Å²) in [5.74, 6) is -0.339. The standard InChI is InChI=1S/C47H61N3O13/c1-7-32-21-20-28(4)42(57-32)61-40-36(8-2)59-44(37(40)51)62-41-38(29(5)24-35-39(41)63-46(53)49-35)60-43-34(48-45(52)55-26-30-16-12-10-13-17-30)23-22-33(58-43)25-50(6,9-3)47(54)56-27-31-18-14-11-15-19-31/h9-23,28-29,32-44,51H,3,7-8,24-27H2,1-2,4-6H3,(H-,48,49,52,53)/p+1. The van der Waals surface area contributed by atoms with Crippen molar-refractivity contribution in [2.45, 2.75) is 140 Å². The first-order valence-corrected chi connectivity index (χ1v) is 22.0. The largest absolute Gasteiger partial charge is 0.520 e. The van der Waals surface area contributed by atoms with Crippen LogP contribution in [-0.2, 0) is 55.8 Å². The number of likely N-dealkylation sites (N-methyl/N-ethyl adjacent to an activating group) is 1. The molecule has 7 rings (SSSR count). The number of aliphatic hydroxyl groups is 1. The second kappa shape index (κ2) is 20.9. The van der Waals surface area contributed by atoms with Crippen molar-refractivity contribution in [3.63, 3.8) is 0 Å². The Morgan fingerprint density at radius 3 is 2.13 bits per heavy atom. The summed E-state index contributed by atoms with van der Waals surface area (Å²) < 4.78 is 55.9. The molecule has 16 heteroatoms. The highest BCUT2D eigenvalue weighted by molar-refractivity contribution is 5.70. The number of ether oxygens (including phenoxy) is 9. The van der Waals surface area contributed by atoms with Gasteiger partial charge in [0.25, 0.3) is 0 Å². The fraction of sp³-hybridized carbons (Fsp3) is 0.553. The molecule has 3 N–H and O–H groups in total. The van der Waals surface area contributed by atoms with Crippen LogP contribution in [0.3, 0.4) is 0 Å². The summed E-state index contributed by atoms with van der Waals surface area (Å²) >= 11 is 0. The Morgan fingerprint density at radius 2 is 1.46 bits per heavy atom. The maximum absolute atomic E-state index is 13.6. The minimum absolute atomic E-state index is 0.0320. The summed E-state index contributed by atoms with van der Waals surface area (Å²) in [4.78, 5) is 39.6. The van der Waals surface area contributed by atoms with Crippen molar-refractivity contribution < 1.29 is 66.6 Å². The lowest BCUT2D eigenvalue weighted by Gasteiger charge is -2.45. The number of amides is 3. The Morgan fingerprint density at radius 1 is 0.825 bits per heavy atom. The van der Waals surface area contributed by atoms with Gasteiger partial charge in [-0.05, 0) is 42.9 Å². The third kappa shape index (κ3) is 11.2. The minimum atomic E-state index is -1.24. The number of benzene rings is 2. The van der Waals surface area contributed by atoms with Gasteiger partial charge in [0.05, 0.1) is 37.6 Å². The number of nitrogens with one attached hydrogen (secondary N) is 2. The SMILES string of the molecule is C=C[N+](C)(CC1C=CC(NC(=O)OCc2ccccc2)C(OC2C(C)CC3NC(=O)OC3C2OC2OC(CC)C(OC3OC(CC)C=CC3C)C2O)O1)C(=O)OCc1ccccc1. The van der Waals surface area contributed by atoms with Gasteiger partial charge in [0, 0.05) is 5.92 Å². The Balaban J connectivity index is 1.11. The molecule has 16 atom stereocenters. The molecule has 4 aliphatic heterocycles. The molecule has 63 heavy (non-hydrogen) atoms. The normalized spacial score (nSPS) is 35.7. The Kier molecular flexibility index (Phi) is 15.4. The lowest BCUT2D eigenvalue weighted by molar-refractivity contribution is -0.788. The molecule has 2 aromatic carbocycles. The molecule has 1 saturated carbocycles. The molecule has 0 aromatic heterocycles. The van der Waals surface area contributed by atoms with Gasteiger partial charge in [-0.3, -0.25) is 0 Å². The number of aliphatic hydroxyl groups excluding tert-OH is 1. The molecule has 3 amide bonds. The highest BCUT2D eigenvalue weighted by Gasteiger charge is 2.56. The molecule has 0 bridgehead atoms. The summed E-state index contributed by atoms with van der Waals surface area (Å²) in [6.07, 6.45) is -0.0718. The molecule has 16 nitrogen and oxygen atoms in total. The van der Waals surface area contributed by atoms with Gasteiger partial charge in [-0.25, -0.2) is 9.59 Å². The molecule has 3 fully saturated rings. The molecular formula is C47H62N3O13+. The fourth-order valence-electron chi connectivity index (χ4n) is 8.61. The van der Waals surface area contributed by atoms with Crippen LogP contribution in [-0.4, -0.2) is 121 Å². The summed E-state index contributed by atoms with van der Waals surface area (Å²) in [6, 6.07) is 17.3. The van der Waals surface area contributed by atoms with E-state index in [1.807, 2.05) is 94.4 Å². The number of nitrogens with zero attached hydrogens (tertiary/aromatic N) is 1. The van der Waals surface area contributed by atoms with Gasteiger partial charge in [0.15, 0.2) is 25.0 Å². The van der Waals surface area contributed by atoms with E-state index in [2.05, 4.69) is 23.3 Å². The fourth-order valence-corrected chi connectivity index (χ4v) is 8.61. The van der Waals surface area contributed by atoms with E-state index < -0.39 is 92.0 Å². The molecule has 2 saturated heterocycles. The molecule has 4 heterocycles. The van der Waals surface area contributed by atoms with Crippen molar-refractivity contribution >= 4 is 18.3 Å². The summed E-state index contributed by atoms with van der Waals surface area (Å²) in [7, 11) is 1.67. The van der Waals surface area contributed by atoms with Crippen LogP contribution in [0.2, 0.25) is 0 Å². The van der Waals surface area contributed by atoms with Crippen molar-refractivity contribution in [2.24, 2.45) is 11.8 Å². The van der Waals surface area contributed by atoms with Crippen LogP contribution in [0.4, 0.5) is 14.4 Å². The van der Waals surface area contributed by atoms with Gasteiger partial charge in [-0.15, -0.1) is 0 Å². The lowest BCUT2D eigenvalue weighted by atomic mass is 9.80. The zero-order valence-corrected chi connectivity index (χ0v) is 36.6. The van der Waals surface area contributed by atoms with Crippen LogP contribution in [0.25, 0.3) is 0 Å². The van der Waals surface area contributed by atoms with Crippen LogP contribution in [0, 0.1) is 11.8 Å². The van der Waals surface area contributed by atoms with Gasteiger partial charge >= 0.3 is 18.3 Å². The number of fused-ring (bicyclic) bond motifs is 1. The number of quaternary nitrogens is 1. The first kappa shape index (κ1) is 46.3. The van der Waals surface area contributed by atoms with Gasteiger partial charge in [0.2, 0.25) is 0 Å². The number of rotatable bonds is 16. The maximum atomic E-state index is 13.6. The monoisotopic (exact) mass is 876 g/mol. The Labute approximate surface area is 369 Å². The van der Waals surface area contributed by atoms with Crippen LogP contribution in [0.5, 0.6) is 0 Å². The van der Waals surface area contributed by atoms with Gasteiger partial charge < -0.3 is 58.4 Å². The topological polar surface area (TPSA) is 179 Å². The van der Waals surface area contributed by atoms with Gasteiger partial charge in [-0.2, -0.15) is 9.28 Å². The second-order valence-electron chi connectivity index (χ2n) is 17.1. The average Bonchev–Trinajstić information content (AvgIpc) is 3.81. The Hall–Kier alpha value is -4.65. The van der Waals surface area contributed by atoms with Crippen molar-refractivity contribution in [1.29, 1.82) is 0 Å². The van der Waals surface area contributed by atoms with E-state index in [1.165, 1.54) is 6.20 Å². The lowest BCUT2D eigenvalue weighted by Crippen LogP contribution is -2.60. The van der Waals surface area contributed by atoms with Crippen molar-refractivity contribution in [3.8, 4) is 0 Å². The predicted molar refractivity (Wildman–Crippen MR) is 227 cm³/mol. The molecule has 5 aliphatic rings.